The van der Waals surface area contributed by atoms with E-state index in [1.807, 2.05) is 28.8 Å². The van der Waals surface area contributed by atoms with Gasteiger partial charge in [-0.15, -0.1) is 0 Å². The average Bonchev–Trinajstić information content (AvgIpc) is 3.15. The van der Waals surface area contributed by atoms with Gasteiger partial charge < -0.3 is 0 Å². The molecule has 8 heteroatoms. The lowest BCUT2D eigenvalue weighted by Crippen LogP contribution is -2.61. The third kappa shape index (κ3) is 3.61. The van der Waals surface area contributed by atoms with Gasteiger partial charge in [-0.2, -0.15) is 0 Å². The maximum Gasteiger partial charge on any atom is 0.333 e. The summed E-state index contributed by atoms with van der Waals surface area (Å²) in [7, 11) is 3.20. The molecule has 0 spiro atoms. The van der Waals surface area contributed by atoms with E-state index < -0.39 is 6.04 Å². The molecule has 0 saturated carbocycles. The lowest BCUT2D eigenvalue weighted by molar-refractivity contribution is -0.552. The van der Waals surface area contributed by atoms with Crippen molar-refractivity contribution in [1.82, 2.24) is 14.7 Å². The van der Waals surface area contributed by atoms with E-state index in [0.29, 0.717) is 23.9 Å². The van der Waals surface area contributed by atoms with Crippen LogP contribution in [0.5, 0.6) is 0 Å². The van der Waals surface area contributed by atoms with Crippen LogP contribution in [0.3, 0.4) is 0 Å². The van der Waals surface area contributed by atoms with Gasteiger partial charge in [-0.3, -0.25) is 19.5 Å². The van der Waals surface area contributed by atoms with Crippen molar-refractivity contribution in [2.24, 2.45) is 4.99 Å². The number of benzene rings is 2. The zero-order chi connectivity index (χ0) is 22.4. The highest BCUT2D eigenvalue weighted by Crippen LogP contribution is 2.23. The summed E-state index contributed by atoms with van der Waals surface area (Å²) in [4.78, 5) is 35.5. The Morgan fingerprint density at radius 3 is 2.50 bits per heavy atom. The van der Waals surface area contributed by atoms with Crippen molar-refractivity contribution >= 4 is 35.2 Å². The second kappa shape index (κ2) is 8.15. The Hall–Kier alpha value is -3.03. The molecule has 3 heterocycles. The number of imide groups is 1. The van der Waals surface area contributed by atoms with Crippen LogP contribution >= 0.6 is 11.6 Å². The third-order valence-corrected chi connectivity index (χ3v) is 6.71. The number of amidine groups is 2. The van der Waals surface area contributed by atoms with Crippen LogP contribution in [0.2, 0.25) is 5.02 Å². The van der Waals surface area contributed by atoms with Gasteiger partial charge in [0.25, 0.3) is 17.8 Å². The van der Waals surface area contributed by atoms with Crippen LogP contribution in [0.1, 0.15) is 16.7 Å². The normalized spacial score (nSPS) is 21.1. The summed E-state index contributed by atoms with van der Waals surface area (Å²) < 4.78 is 2.03. The number of urea groups is 1. The first-order valence-corrected chi connectivity index (χ1v) is 11.1. The van der Waals surface area contributed by atoms with Crippen molar-refractivity contribution in [3.05, 3.63) is 70.2 Å². The van der Waals surface area contributed by atoms with Crippen molar-refractivity contribution in [3.8, 4) is 0 Å². The summed E-state index contributed by atoms with van der Waals surface area (Å²) in [5, 5.41) is 0.669. The molecule has 1 unspecified atom stereocenters. The van der Waals surface area contributed by atoms with E-state index >= 15 is 0 Å². The highest BCUT2D eigenvalue weighted by molar-refractivity contribution is 6.30. The molecule has 3 aliphatic heterocycles. The SMILES string of the molecule is CN1C(=O)C2C(=NC(CN3CCc4ccccc4C3)=[N+]2Cc2ccc(Cl)cc2)N(C)C1=O. The van der Waals surface area contributed by atoms with Gasteiger partial charge >= 0.3 is 11.9 Å². The quantitative estimate of drug-likeness (QED) is 0.673. The fourth-order valence-electron chi connectivity index (χ4n) is 4.63. The Kier molecular flexibility index (Phi) is 5.31. The zero-order valence-electron chi connectivity index (χ0n) is 18.2. The molecule has 0 N–H and O–H groups in total. The number of carbonyl (C=O) groups is 2. The highest BCUT2D eigenvalue weighted by atomic mass is 35.5. The molecule has 5 rings (SSSR count). The molecule has 2 aromatic rings. The minimum atomic E-state index is -0.606. The van der Waals surface area contributed by atoms with Gasteiger partial charge in [0.2, 0.25) is 0 Å². The van der Waals surface area contributed by atoms with E-state index in [9.17, 15) is 9.59 Å². The van der Waals surface area contributed by atoms with Crippen LogP contribution in [-0.2, 0) is 24.3 Å². The molecule has 3 amide bonds. The number of carbonyl (C=O) groups excluding carboxylic acids is 2. The van der Waals surface area contributed by atoms with Crippen molar-refractivity contribution in [1.29, 1.82) is 0 Å². The number of hydrogen-bond acceptors (Lipinski definition) is 4. The summed E-state index contributed by atoms with van der Waals surface area (Å²) in [5.74, 6) is 1.06. The van der Waals surface area contributed by atoms with E-state index in [1.165, 1.54) is 28.0 Å². The van der Waals surface area contributed by atoms with Crippen LogP contribution in [-0.4, -0.2) is 76.1 Å². The largest absolute Gasteiger partial charge is 0.333 e. The van der Waals surface area contributed by atoms with Gasteiger partial charge in [0.15, 0.2) is 0 Å². The Balaban J connectivity index is 1.49. The molecule has 32 heavy (non-hydrogen) atoms. The lowest BCUT2D eigenvalue weighted by atomic mass is 10.00. The molecule has 1 fully saturated rings. The maximum absolute atomic E-state index is 13.1. The molecule has 2 aromatic carbocycles. The molecular formula is C24H25ClN5O2+. The van der Waals surface area contributed by atoms with E-state index in [4.69, 9.17) is 16.6 Å². The van der Waals surface area contributed by atoms with Crippen LogP contribution in [0.25, 0.3) is 0 Å². The van der Waals surface area contributed by atoms with Crippen LogP contribution in [0.4, 0.5) is 4.79 Å². The second-order valence-electron chi connectivity index (χ2n) is 8.51. The van der Waals surface area contributed by atoms with Crippen LogP contribution in [0, 0.1) is 0 Å². The highest BCUT2D eigenvalue weighted by Gasteiger charge is 2.53. The fraction of sp³-hybridized carbons (Fsp3) is 0.333. The predicted octanol–water partition coefficient (Wildman–Crippen LogP) is 2.61. The summed E-state index contributed by atoms with van der Waals surface area (Å²) >= 11 is 6.06. The van der Waals surface area contributed by atoms with Gasteiger partial charge in [0.05, 0.1) is 0 Å². The van der Waals surface area contributed by atoms with Crippen molar-refractivity contribution in [3.63, 3.8) is 0 Å². The number of nitrogens with zero attached hydrogens (tertiary/aromatic N) is 5. The van der Waals surface area contributed by atoms with E-state index in [0.717, 1.165) is 30.9 Å². The Morgan fingerprint density at radius 2 is 1.75 bits per heavy atom. The molecule has 3 aliphatic rings. The number of aliphatic imine (C=N–C) groups is 1. The fourth-order valence-corrected chi connectivity index (χ4v) is 4.76. The molecule has 0 radical (unpaired) electrons. The smallest absolute Gasteiger partial charge is 0.287 e. The molecule has 1 saturated heterocycles. The van der Waals surface area contributed by atoms with E-state index in [2.05, 4.69) is 29.2 Å². The Bertz CT molecular complexity index is 1160. The van der Waals surface area contributed by atoms with Gasteiger partial charge in [0.1, 0.15) is 13.1 Å². The first-order valence-electron chi connectivity index (χ1n) is 10.7. The number of amides is 3. The van der Waals surface area contributed by atoms with Crippen molar-refractivity contribution < 1.29 is 14.2 Å². The molecular weight excluding hydrogens is 426 g/mol. The average molecular weight is 451 g/mol. The topological polar surface area (TPSA) is 59.2 Å². The monoisotopic (exact) mass is 450 g/mol. The first kappa shape index (κ1) is 20.8. The molecule has 0 bridgehead atoms. The van der Waals surface area contributed by atoms with Gasteiger partial charge in [0, 0.05) is 32.2 Å². The van der Waals surface area contributed by atoms with Gasteiger partial charge in [-0.05, 0) is 40.2 Å². The number of fused-ring (bicyclic) bond motifs is 2. The minimum Gasteiger partial charge on any atom is -0.287 e. The maximum atomic E-state index is 13.1. The van der Waals surface area contributed by atoms with E-state index in [1.54, 1.807) is 7.05 Å². The molecule has 164 valence electrons. The molecule has 0 aromatic heterocycles. The Labute approximate surface area is 192 Å². The summed E-state index contributed by atoms with van der Waals surface area (Å²) in [5.41, 5.74) is 3.75. The van der Waals surface area contributed by atoms with Crippen molar-refractivity contribution in [2.75, 3.05) is 27.2 Å². The van der Waals surface area contributed by atoms with Gasteiger partial charge in [-0.1, -0.05) is 48.0 Å². The first-order chi connectivity index (χ1) is 15.4. The van der Waals surface area contributed by atoms with Gasteiger partial charge in [-0.25, -0.2) is 9.37 Å². The molecule has 0 aliphatic carbocycles. The minimum absolute atomic E-state index is 0.250. The predicted molar refractivity (Wildman–Crippen MR) is 123 cm³/mol. The number of rotatable bonds is 4. The number of hydrogen-bond donors (Lipinski definition) is 0. The summed E-state index contributed by atoms with van der Waals surface area (Å²) in [6.45, 7) is 2.89. The van der Waals surface area contributed by atoms with E-state index in [-0.39, 0.29) is 11.9 Å². The molecule has 1 atom stereocenters. The zero-order valence-corrected chi connectivity index (χ0v) is 18.9. The number of halogens is 1. The second-order valence-corrected chi connectivity index (χ2v) is 8.95. The standard InChI is InChI=1S/C24H25ClN5O2/c1-27-22-21(23(31)28(2)24(27)32)30(13-16-7-9-19(25)10-8-16)20(26-22)15-29-12-11-17-5-3-4-6-18(17)14-29/h3-10,21H,11-15H2,1-2H3/q+1. The van der Waals surface area contributed by atoms with Crippen molar-refractivity contribution in [2.45, 2.75) is 25.6 Å². The number of likely N-dealkylation sites (N-methyl/N-ethyl adjacent to an activating group) is 2. The summed E-state index contributed by atoms with van der Waals surface area (Å²) in [6, 6.07) is 15.2. The molecule has 7 nitrogen and oxygen atoms in total. The third-order valence-electron chi connectivity index (χ3n) is 6.45. The lowest BCUT2D eigenvalue weighted by Gasteiger charge is -2.31. The Morgan fingerprint density at radius 1 is 1.03 bits per heavy atom. The summed E-state index contributed by atoms with van der Waals surface area (Å²) in [6.07, 6.45) is 0.987. The van der Waals surface area contributed by atoms with Crippen LogP contribution in [0.15, 0.2) is 53.5 Å². The van der Waals surface area contributed by atoms with Crippen LogP contribution < -0.4 is 0 Å².